The summed E-state index contributed by atoms with van der Waals surface area (Å²) in [6, 6.07) is 5.40. The lowest BCUT2D eigenvalue weighted by molar-refractivity contribution is -0.117. The van der Waals surface area contributed by atoms with Crippen molar-refractivity contribution >= 4 is 11.6 Å². The minimum Gasteiger partial charge on any atom is -0.504 e. The minimum atomic E-state index is -0.487. The lowest BCUT2D eigenvalue weighted by Crippen LogP contribution is -2.18. The van der Waals surface area contributed by atoms with Crippen molar-refractivity contribution in [3.8, 4) is 11.5 Å². The van der Waals surface area contributed by atoms with Crippen molar-refractivity contribution in [2.24, 2.45) is 0 Å². The van der Waals surface area contributed by atoms with Gasteiger partial charge in [-0.15, -0.1) is 0 Å². The maximum Gasteiger partial charge on any atom is 0.223 e. The molecule has 0 saturated heterocycles. The van der Waals surface area contributed by atoms with Gasteiger partial charge in [-0.25, -0.2) is 0 Å². The highest BCUT2D eigenvalue weighted by molar-refractivity contribution is 6.21. The van der Waals surface area contributed by atoms with E-state index in [-0.39, 0.29) is 11.4 Å². The van der Waals surface area contributed by atoms with Crippen LogP contribution in [-0.4, -0.2) is 30.9 Å². The fourth-order valence-corrected chi connectivity index (χ4v) is 2.30. The SMILES string of the molecule is COc1ccc(OC)c(CCC2=CC(=O)C(C)=C(O)C2=O)c1. The van der Waals surface area contributed by atoms with E-state index in [1.54, 1.807) is 26.4 Å². The van der Waals surface area contributed by atoms with E-state index in [4.69, 9.17) is 9.47 Å². The van der Waals surface area contributed by atoms with Gasteiger partial charge in [0.1, 0.15) is 11.5 Å². The Morgan fingerprint density at radius 3 is 2.45 bits per heavy atom. The van der Waals surface area contributed by atoms with Gasteiger partial charge in [0, 0.05) is 11.1 Å². The summed E-state index contributed by atoms with van der Waals surface area (Å²) in [7, 11) is 3.14. The highest BCUT2D eigenvalue weighted by Gasteiger charge is 2.25. The first-order valence-corrected chi connectivity index (χ1v) is 6.88. The fraction of sp³-hybridized carbons (Fsp3) is 0.294. The van der Waals surface area contributed by atoms with E-state index in [1.807, 2.05) is 6.07 Å². The van der Waals surface area contributed by atoms with Crippen LogP contribution in [0.2, 0.25) is 0 Å². The van der Waals surface area contributed by atoms with Gasteiger partial charge in [-0.3, -0.25) is 9.59 Å². The van der Waals surface area contributed by atoms with Crippen LogP contribution < -0.4 is 9.47 Å². The zero-order valence-electron chi connectivity index (χ0n) is 12.8. The van der Waals surface area contributed by atoms with Gasteiger partial charge in [0.25, 0.3) is 0 Å². The van der Waals surface area contributed by atoms with Crippen LogP contribution in [0.15, 0.2) is 41.2 Å². The molecule has 116 valence electrons. The Balaban J connectivity index is 2.19. The lowest BCUT2D eigenvalue weighted by Gasteiger charge is -2.14. The van der Waals surface area contributed by atoms with Crippen LogP contribution in [0.25, 0.3) is 0 Å². The Labute approximate surface area is 128 Å². The van der Waals surface area contributed by atoms with E-state index in [0.29, 0.717) is 29.9 Å². The molecule has 0 saturated carbocycles. The quantitative estimate of drug-likeness (QED) is 0.846. The Morgan fingerprint density at radius 1 is 1.09 bits per heavy atom. The van der Waals surface area contributed by atoms with E-state index >= 15 is 0 Å². The number of ketones is 2. The molecule has 0 unspecified atom stereocenters. The zero-order valence-corrected chi connectivity index (χ0v) is 12.8. The topological polar surface area (TPSA) is 72.8 Å². The highest BCUT2D eigenvalue weighted by Crippen LogP contribution is 2.27. The summed E-state index contributed by atoms with van der Waals surface area (Å²) in [6.45, 7) is 1.44. The molecule has 5 heteroatoms. The summed E-state index contributed by atoms with van der Waals surface area (Å²) in [6.07, 6.45) is 2.13. The first-order valence-electron chi connectivity index (χ1n) is 6.88. The molecule has 1 N–H and O–H groups in total. The molecule has 0 radical (unpaired) electrons. The number of Topliss-reactive ketones (excluding diaryl/α,β-unsaturated/α-hetero) is 1. The summed E-state index contributed by atoms with van der Waals surface area (Å²) in [4.78, 5) is 23.7. The molecule has 1 aliphatic rings. The Kier molecular flexibility index (Phi) is 4.65. The third-order valence-corrected chi connectivity index (χ3v) is 3.69. The molecule has 0 spiro atoms. The van der Waals surface area contributed by atoms with E-state index in [1.165, 1.54) is 13.0 Å². The third-order valence-electron chi connectivity index (χ3n) is 3.69. The monoisotopic (exact) mass is 302 g/mol. The molecule has 1 aliphatic carbocycles. The lowest BCUT2D eigenvalue weighted by atomic mass is 9.92. The molecule has 2 rings (SSSR count). The highest BCUT2D eigenvalue weighted by atomic mass is 16.5. The second kappa shape index (κ2) is 6.47. The number of methoxy groups -OCH3 is 2. The molecule has 0 heterocycles. The molecule has 0 atom stereocenters. The van der Waals surface area contributed by atoms with Gasteiger partial charge in [-0.2, -0.15) is 0 Å². The van der Waals surface area contributed by atoms with Gasteiger partial charge in [-0.1, -0.05) is 0 Å². The second-order valence-electron chi connectivity index (χ2n) is 5.01. The molecule has 0 fully saturated rings. The van der Waals surface area contributed by atoms with E-state index in [2.05, 4.69) is 0 Å². The number of allylic oxidation sites excluding steroid dienone is 3. The van der Waals surface area contributed by atoms with E-state index in [9.17, 15) is 14.7 Å². The summed E-state index contributed by atoms with van der Waals surface area (Å²) in [5.74, 6) is 0.102. The Hall–Kier alpha value is -2.56. The Morgan fingerprint density at radius 2 is 1.82 bits per heavy atom. The van der Waals surface area contributed by atoms with Gasteiger partial charge in [-0.05, 0) is 49.6 Å². The van der Waals surface area contributed by atoms with Crippen LogP contribution in [0.3, 0.4) is 0 Å². The van der Waals surface area contributed by atoms with Crippen molar-refractivity contribution in [2.45, 2.75) is 19.8 Å². The molecular weight excluding hydrogens is 284 g/mol. The van der Waals surface area contributed by atoms with Crippen molar-refractivity contribution in [1.82, 2.24) is 0 Å². The predicted molar refractivity (Wildman–Crippen MR) is 81.3 cm³/mol. The molecule has 5 nitrogen and oxygen atoms in total. The maximum atomic E-state index is 12.0. The van der Waals surface area contributed by atoms with Gasteiger partial charge in [0.15, 0.2) is 11.5 Å². The molecule has 1 aromatic carbocycles. The average molecular weight is 302 g/mol. The van der Waals surface area contributed by atoms with Gasteiger partial charge < -0.3 is 14.6 Å². The van der Waals surface area contributed by atoms with Crippen molar-refractivity contribution in [2.75, 3.05) is 14.2 Å². The maximum absolute atomic E-state index is 12.0. The molecule has 0 bridgehead atoms. The molecule has 22 heavy (non-hydrogen) atoms. The minimum absolute atomic E-state index is 0.0905. The number of aliphatic hydroxyl groups is 1. The van der Waals surface area contributed by atoms with Crippen LogP contribution >= 0.6 is 0 Å². The average Bonchev–Trinajstić information content (AvgIpc) is 2.54. The zero-order chi connectivity index (χ0) is 16.3. The number of hydrogen-bond donors (Lipinski definition) is 1. The number of hydrogen-bond acceptors (Lipinski definition) is 5. The predicted octanol–water partition coefficient (Wildman–Crippen LogP) is 2.55. The summed E-state index contributed by atoms with van der Waals surface area (Å²) in [5, 5.41) is 9.69. The first kappa shape index (κ1) is 15.8. The van der Waals surface area contributed by atoms with Crippen molar-refractivity contribution < 1.29 is 24.2 Å². The van der Waals surface area contributed by atoms with Gasteiger partial charge >= 0.3 is 0 Å². The standard InChI is InChI=1S/C17H18O5/c1-10-14(18)9-12(17(20)16(10)19)5-4-11-8-13(21-2)6-7-15(11)22-3/h6-9,19H,4-5H2,1-3H3. The normalized spacial score (nSPS) is 15.0. The first-order chi connectivity index (χ1) is 10.5. The van der Waals surface area contributed by atoms with Crippen molar-refractivity contribution in [3.05, 3.63) is 46.7 Å². The van der Waals surface area contributed by atoms with Gasteiger partial charge in [0.2, 0.25) is 5.78 Å². The number of aliphatic hydroxyl groups excluding tert-OH is 1. The molecule has 1 aromatic rings. The molecular formula is C17H18O5. The van der Waals surface area contributed by atoms with Crippen LogP contribution in [0.1, 0.15) is 18.9 Å². The van der Waals surface area contributed by atoms with Crippen LogP contribution in [0, 0.1) is 0 Å². The van der Waals surface area contributed by atoms with Crippen molar-refractivity contribution in [3.63, 3.8) is 0 Å². The number of carbonyl (C=O) groups excluding carboxylic acids is 2. The smallest absolute Gasteiger partial charge is 0.223 e. The van der Waals surface area contributed by atoms with Crippen LogP contribution in [-0.2, 0) is 16.0 Å². The molecule has 0 aliphatic heterocycles. The number of ether oxygens (including phenoxy) is 2. The second-order valence-corrected chi connectivity index (χ2v) is 5.01. The van der Waals surface area contributed by atoms with Gasteiger partial charge in [0.05, 0.1) is 14.2 Å². The van der Waals surface area contributed by atoms with E-state index in [0.717, 1.165) is 5.56 Å². The fourth-order valence-electron chi connectivity index (χ4n) is 2.30. The number of aryl methyl sites for hydroxylation is 1. The summed E-state index contributed by atoms with van der Waals surface area (Å²) >= 11 is 0. The van der Waals surface area contributed by atoms with E-state index < -0.39 is 11.5 Å². The molecule has 0 amide bonds. The number of rotatable bonds is 5. The third kappa shape index (κ3) is 3.03. The Bertz CT molecular complexity index is 682. The molecule has 0 aromatic heterocycles. The number of benzene rings is 1. The van der Waals surface area contributed by atoms with Crippen LogP contribution in [0.4, 0.5) is 0 Å². The summed E-state index contributed by atoms with van der Waals surface area (Å²) in [5.41, 5.74) is 1.26. The largest absolute Gasteiger partial charge is 0.504 e. The van der Waals surface area contributed by atoms with Crippen LogP contribution in [0.5, 0.6) is 11.5 Å². The van der Waals surface area contributed by atoms with Crippen molar-refractivity contribution in [1.29, 1.82) is 0 Å². The number of carbonyl (C=O) groups is 2. The summed E-state index contributed by atoms with van der Waals surface area (Å²) < 4.78 is 10.5.